The number of hydrogen-bond donors (Lipinski definition) is 0. The van der Waals surface area contributed by atoms with E-state index in [9.17, 15) is 14.4 Å². The van der Waals surface area contributed by atoms with E-state index in [-0.39, 0.29) is 30.3 Å². The summed E-state index contributed by atoms with van der Waals surface area (Å²) in [5.74, 6) is -1.83. The van der Waals surface area contributed by atoms with Crippen LogP contribution in [0.15, 0.2) is 72.8 Å². The highest BCUT2D eigenvalue weighted by molar-refractivity contribution is 6.23. The van der Waals surface area contributed by atoms with E-state index in [4.69, 9.17) is 4.74 Å². The molecule has 1 aliphatic heterocycles. The summed E-state index contributed by atoms with van der Waals surface area (Å²) in [6.45, 7) is 2.04. The topological polar surface area (TPSA) is 63.7 Å². The maximum absolute atomic E-state index is 13.7. The third kappa shape index (κ3) is 2.42. The normalized spacial score (nSPS) is 24.7. The number of ether oxygens (including phenoxy) is 1. The summed E-state index contributed by atoms with van der Waals surface area (Å²) < 4.78 is 5.03. The first-order valence-corrected chi connectivity index (χ1v) is 10.9. The zero-order valence-electron chi connectivity index (χ0n) is 17.5. The minimum Gasteiger partial charge on any atom is -0.462 e. The molecule has 0 unspecified atom stereocenters. The predicted molar refractivity (Wildman–Crippen MR) is 118 cm³/mol. The second kappa shape index (κ2) is 6.89. The van der Waals surface area contributed by atoms with Gasteiger partial charge < -0.3 is 4.74 Å². The molecule has 0 N–H and O–H groups in total. The molecule has 2 atom stereocenters. The molecule has 3 aliphatic carbocycles. The van der Waals surface area contributed by atoms with Gasteiger partial charge in [0.25, 0.3) is 0 Å². The Hall–Kier alpha value is -3.73. The number of rotatable bonds is 3. The Morgan fingerprint density at radius 1 is 0.750 bits per heavy atom. The lowest BCUT2D eigenvalue weighted by Gasteiger charge is -2.45. The summed E-state index contributed by atoms with van der Waals surface area (Å²) in [6.07, 6.45) is 0. The molecule has 5 heteroatoms. The van der Waals surface area contributed by atoms with E-state index in [1.807, 2.05) is 24.3 Å². The second-order valence-electron chi connectivity index (χ2n) is 8.54. The number of carbonyl (C=O) groups excluding carboxylic acids is 3. The molecule has 2 amide bonds. The third-order valence-corrected chi connectivity index (χ3v) is 7.09. The second-order valence-corrected chi connectivity index (χ2v) is 8.54. The van der Waals surface area contributed by atoms with Gasteiger partial charge >= 0.3 is 5.97 Å². The van der Waals surface area contributed by atoms with E-state index in [0.29, 0.717) is 11.3 Å². The highest BCUT2D eigenvalue weighted by Gasteiger charge is 2.61. The first-order valence-electron chi connectivity index (χ1n) is 10.9. The molecule has 0 saturated carbocycles. The van der Waals surface area contributed by atoms with Crippen LogP contribution in [-0.2, 0) is 14.3 Å². The lowest BCUT2D eigenvalue weighted by atomic mass is 9.55. The van der Waals surface area contributed by atoms with E-state index in [0.717, 1.165) is 22.3 Å². The fourth-order valence-corrected chi connectivity index (χ4v) is 5.89. The maximum atomic E-state index is 13.7. The molecular weight excluding hydrogens is 402 g/mol. The lowest BCUT2D eigenvalue weighted by molar-refractivity contribution is -0.122. The van der Waals surface area contributed by atoms with Crippen LogP contribution in [0.5, 0.6) is 0 Å². The summed E-state index contributed by atoms with van der Waals surface area (Å²) >= 11 is 0. The van der Waals surface area contributed by atoms with Gasteiger partial charge in [0, 0.05) is 11.8 Å². The van der Waals surface area contributed by atoms with Gasteiger partial charge in [-0.15, -0.1) is 0 Å². The van der Waals surface area contributed by atoms with E-state index < -0.39 is 17.8 Å². The monoisotopic (exact) mass is 423 g/mol. The standard InChI is InChI=1S/C27H21NO4/c1-2-32-27(31)15-11-13-16(14-12-15)28-25(29)23-21-17-7-3-4-8-18(17)22(24(23)26(28)30)20-10-6-5-9-19(20)21/h3-14,21-24H,2H2,1H3/t21?,22?,23-,24-/m1/s1. The third-order valence-electron chi connectivity index (χ3n) is 7.09. The molecule has 32 heavy (non-hydrogen) atoms. The molecule has 3 aromatic carbocycles. The maximum Gasteiger partial charge on any atom is 0.338 e. The van der Waals surface area contributed by atoms with Crippen molar-refractivity contribution in [3.63, 3.8) is 0 Å². The Morgan fingerprint density at radius 3 is 1.59 bits per heavy atom. The molecule has 3 aromatic rings. The zero-order valence-corrected chi connectivity index (χ0v) is 17.5. The first-order chi connectivity index (χ1) is 15.6. The van der Waals surface area contributed by atoms with Crippen molar-refractivity contribution in [2.24, 2.45) is 11.8 Å². The SMILES string of the molecule is CCOC(=O)c1ccc(N2C(=O)[C@@H]3C4c5ccccc5C(c5ccccc54)[C@H]3C2=O)cc1. The zero-order chi connectivity index (χ0) is 22.0. The van der Waals surface area contributed by atoms with Gasteiger partial charge in [-0.1, -0.05) is 48.5 Å². The quantitative estimate of drug-likeness (QED) is 0.467. The average molecular weight is 423 g/mol. The minimum atomic E-state index is -0.421. The van der Waals surface area contributed by atoms with Crippen molar-refractivity contribution in [1.82, 2.24) is 0 Å². The van der Waals surface area contributed by atoms with Crippen molar-refractivity contribution in [1.29, 1.82) is 0 Å². The molecule has 1 fully saturated rings. The summed E-state index contributed by atoms with van der Waals surface area (Å²) in [6, 6.07) is 22.9. The van der Waals surface area contributed by atoms with Crippen LogP contribution < -0.4 is 4.90 Å². The Morgan fingerprint density at radius 2 is 1.19 bits per heavy atom. The molecule has 4 aliphatic rings. The van der Waals surface area contributed by atoms with Crippen LogP contribution in [0.2, 0.25) is 0 Å². The summed E-state index contributed by atoms with van der Waals surface area (Å²) in [5, 5.41) is 0. The van der Waals surface area contributed by atoms with Crippen molar-refractivity contribution >= 4 is 23.5 Å². The van der Waals surface area contributed by atoms with Crippen molar-refractivity contribution in [3.05, 3.63) is 101 Å². The van der Waals surface area contributed by atoms with Gasteiger partial charge in [-0.25, -0.2) is 9.69 Å². The van der Waals surface area contributed by atoms with Gasteiger partial charge in [-0.05, 0) is 53.4 Å². The summed E-state index contributed by atoms with van der Waals surface area (Å²) in [4.78, 5) is 40.7. The smallest absolute Gasteiger partial charge is 0.338 e. The number of amides is 2. The van der Waals surface area contributed by atoms with Crippen molar-refractivity contribution in [3.8, 4) is 0 Å². The molecule has 1 heterocycles. The number of nitrogens with zero attached hydrogens (tertiary/aromatic N) is 1. The molecule has 0 radical (unpaired) electrons. The van der Waals surface area contributed by atoms with Crippen molar-refractivity contribution in [2.75, 3.05) is 11.5 Å². The molecule has 158 valence electrons. The number of imide groups is 1. The van der Waals surface area contributed by atoms with Crippen LogP contribution >= 0.6 is 0 Å². The fourth-order valence-electron chi connectivity index (χ4n) is 5.89. The van der Waals surface area contributed by atoms with E-state index in [1.54, 1.807) is 31.2 Å². The van der Waals surface area contributed by atoms with E-state index in [2.05, 4.69) is 24.3 Å². The van der Waals surface area contributed by atoms with Gasteiger partial charge in [-0.2, -0.15) is 0 Å². The van der Waals surface area contributed by atoms with Crippen LogP contribution in [0.1, 0.15) is 51.4 Å². The highest BCUT2D eigenvalue weighted by Crippen LogP contribution is 2.61. The highest BCUT2D eigenvalue weighted by atomic mass is 16.5. The van der Waals surface area contributed by atoms with E-state index >= 15 is 0 Å². The molecule has 0 spiro atoms. The van der Waals surface area contributed by atoms with E-state index in [1.165, 1.54) is 4.90 Å². The van der Waals surface area contributed by atoms with Gasteiger partial charge in [0.1, 0.15) is 0 Å². The van der Waals surface area contributed by atoms with Crippen LogP contribution in [0, 0.1) is 11.8 Å². The molecule has 1 saturated heterocycles. The number of carbonyl (C=O) groups is 3. The number of esters is 1. The van der Waals surface area contributed by atoms with Crippen LogP contribution in [0.25, 0.3) is 0 Å². The van der Waals surface area contributed by atoms with Gasteiger partial charge in [-0.3, -0.25) is 9.59 Å². The van der Waals surface area contributed by atoms with Gasteiger partial charge in [0.15, 0.2) is 0 Å². The Labute approximate surface area is 185 Å². The molecule has 2 bridgehead atoms. The number of benzene rings is 3. The lowest BCUT2D eigenvalue weighted by Crippen LogP contribution is -2.41. The van der Waals surface area contributed by atoms with Gasteiger partial charge in [0.05, 0.1) is 29.7 Å². The molecule has 0 aromatic heterocycles. The summed E-state index contributed by atoms with van der Waals surface area (Å²) in [7, 11) is 0. The molecular formula is C27H21NO4. The first kappa shape index (κ1) is 19.0. The number of anilines is 1. The van der Waals surface area contributed by atoms with Crippen LogP contribution in [-0.4, -0.2) is 24.4 Å². The largest absolute Gasteiger partial charge is 0.462 e. The van der Waals surface area contributed by atoms with Gasteiger partial charge in [0.2, 0.25) is 11.8 Å². The van der Waals surface area contributed by atoms with Crippen LogP contribution in [0.3, 0.4) is 0 Å². The molecule has 7 rings (SSSR count). The van der Waals surface area contributed by atoms with Crippen LogP contribution in [0.4, 0.5) is 5.69 Å². The van der Waals surface area contributed by atoms with Crippen molar-refractivity contribution in [2.45, 2.75) is 18.8 Å². The minimum absolute atomic E-state index is 0.127. The average Bonchev–Trinajstić information content (AvgIpc) is 3.10. The Balaban J connectivity index is 1.44. The summed E-state index contributed by atoms with van der Waals surface area (Å²) in [5.41, 5.74) is 5.49. The van der Waals surface area contributed by atoms with Crippen molar-refractivity contribution < 1.29 is 19.1 Å². The predicted octanol–water partition coefficient (Wildman–Crippen LogP) is 4.26. The number of hydrogen-bond acceptors (Lipinski definition) is 4. The Kier molecular flexibility index (Phi) is 4.09. The fraction of sp³-hybridized carbons (Fsp3) is 0.222. The molecule has 5 nitrogen and oxygen atoms in total. The Bertz CT molecular complexity index is 1160.